The number of carbonyl (C=O) groups is 1. The zero-order valence-electron chi connectivity index (χ0n) is 13.0. The van der Waals surface area contributed by atoms with E-state index in [1.807, 2.05) is 42.5 Å². The highest BCUT2D eigenvalue weighted by atomic mass is 19.4. The maximum Gasteiger partial charge on any atom is 0.416 e. The van der Waals surface area contributed by atoms with E-state index in [4.69, 9.17) is 0 Å². The largest absolute Gasteiger partial charge is 0.416 e. The van der Waals surface area contributed by atoms with Crippen molar-refractivity contribution in [2.24, 2.45) is 0 Å². The first kappa shape index (κ1) is 16.8. The summed E-state index contributed by atoms with van der Waals surface area (Å²) in [4.78, 5) is 12.6. The quantitative estimate of drug-likeness (QED) is 0.658. The van der Waals surface area contributed by atoms with Gasteiger partial charge in [0.25, 0.3) is 5.91 Å². The van der Waals surface area contributed by atoms with Crippen molar-refractivity contribution in [3.63, 3.8) is 0 Å². The third-order valence-corrected chi connectivity index (χ3v) is 3.73. The van der Waals surface area contributed by atoms with E-state index in [9.17, 15) is 18.0 Å². The molecule has 126 valence electrons. The molecule has 1 N–H and O–H groups in total. The maximum atomic E-state index is 12.6. The van der Waals surface area contributed by atoms with Gasteiger partial charge in [0.1, 0.15) is 0 Å². The van der Waals surface area contributed by atoms with Crippen LogP contribution in [0.4, 0.5) is 18.9 Å². The van der Waals surface area contributed by atoms with Crippen LogP contribution in [0.25, 0.3) is 11.1 Å². The fourth-order valence-electron chi connectivity index (χ4n) is 2.49. The second-order valence-electron chi connectivity index (χ2n) is 5.44. The lowest BCUT2D eigenvalue weighted by Gasteiger charge is -2.11. The van der Waals surface area contributed by atoms with Crippen molar-refractivity contribution in [1.29, 1.82) is 0 Å². The maximum absolute atomic E-state index is 12.6. The number of hydrogen-bond donors (Lipinski definition) is 1. The zero-order valence-corrected chi connectivity index (χ0v) is 13.0. The molecule has 2 nitrogen and oxygen atoms in total. The van der Waals surface area contributed by atoms with E-state index in [1.54, 1.807) is 12.1 Å². The van der Waals surface area contributed by atoms with Crippen molar-refractivity contribution < 1.29 is 18.0 Å². The second kappa shape index (κ2) is 6.81. The number of carbonyl (C=O) groups excluding carboxylic acids is 1. The fraction of sp³-hybridized carbons (Fsp3) is 0.0500. The Morgan fingerprint density at radius 2 is 1.36 bits per heavy atom. The first-order chi connectivity index (χ1) is 11.9. The monoisotopic (exact) mass is 341 g/mol. The molecule has 5 heteroatoms. The molecule has 3 rings (SSSR count). The highest BCUT2D eigenvalue weighted by molar-refractivity contribution is 6.08. The van der Waals surface area contributed by atoms with Gasteiger partial charge in [-0.15, -0.1) is 0 Å². The van der Waals surface area contributed by atoms with E-state index >= 15 is 0 Å². The predicted molar refractivity (Wildman–Crippen MR) is 91.3 cm³/mol. The van der Waals surface area contributed by atoms with Crippen molar-refractivity contribution in [2.45, 2.75) is 6.18 Å². The molecular formula is C20H14F3NO. The van der Waals surface area contributed by atoms with E-state index in [0.29, 0.717) is 11.3 Å². The van der Waals surface area contributed by atoms with Gasteiger partial charge in [0.15, 0.2) is 0 Å². The van der Waals surface area contributed by atoms with E-state index in [1.165, 1.54) is 12.1 Å². The summed E-state index contributed by atoms with van der Waals surface area (Å²) in [7, 11) is 0. The molecule has 25 heavy (non-hydrogen) atoms. The smallest absolute Gasteiger partial charge is 0.322 e. The standard InChI is InChI=1S/C20H14F3NO/c21-20(22,23)15-10-12-16(13-11-15)24-19(25)18-9-5-4-8-17(18)14-6-2-1-3-7-14/h1-13H,(H,24,25). The van der Waals surface area contributed by atoms with Gasteiger partial charge < -0.3 is 5.32 Å². The van der Waals surface area contributed by atoms with Crippen LogP contribution in [0.5, 0.6) is 0 Å². The Morgan fingerprint density at radius 1 is 0.760 bits per heavy atom. The molecule has 0 bridgehead atoms. The molecule has 0 aliphatic heterocycles. The minimum absolute atomic E-state index is 0.306. The molecule has 0 radical (unpaired) electrons. The van der Waals surface area contributed by atoms with Gasteiger partial charge in [-0.25, -0.2) is 0 Å². The van der Waals surface area contributed by atoms with E-state index in [-0.39, 0.29) is 5.91 Å². The number of hydrogen-bond acceptors (Lipinski definition) is 1. The Bertz CT molecular complexity index is 871. The Hall–Kier alpha value is -3.08. The minimum atomic E-state index is -4.40. The van der Waals surface area contributed by atoms with Gasteiger partial charge in [-0.05, 0) is 41.5 Å². The van der Waals surface area contributed by atoms with E-state index in [2.05, 4.69) is 5.32 Å². The van der Waals surface area contributed by atoms with Gasteiger partial charge in [0, 0.05) is 11.3 Å². The first-order valence-electron chi connectivity index (χ1n) is 7.58. The van der Waals surface area contributed by atoms with Gasteiger partial charge in [-0.1, -0.05) is 48.5 Å². The molecule has 0 aromatic heterocycles. The Labute approximate surface area is 142 Å². The Balaban J connectivity index is 1.85. The molecule has 0 aliphatic carbocycles. The summed E-state index contributed by atoms with van der Waals surface area (Å²) in [5.41, 5.74) is 1.65. The highest BCUT2D eigenvalue weighted by Crippen LogP contribution is 2.30. The number of amides is 1. The second-order valence-corrected chi connectivity index (χ2v) is 5.44. The third-order valence-electron chi connectivity index (χ3n) is 3.73. The topological polar surface area (TPSA) is 29.1 Å². The summed E-state index contributed by atoms with van der Waals surface area (Å²) >= 11 is 0. The third kappa shape index (κ3) is 3.88. The highest BCUT2D eigenvalue weighted by Gasteiger charge is 2.30. The van der Waals surface area contributed by atoms with Crippen molar-refractivity contribution in [1.82, 2.24) is 0 Å². The molecule has 1 amide bonds. The van der Waals surface area contributed by atoms with E-state index in [0.717, 1.165) is 23.3 Å². The van der Waals surface area contributed by atoms with Gasteiger partial charge in [-0.2, -0.15) is 13.2 Å². The van der Waals surface area contributed by atoms with Crippen LogP contribution in [0.1, 0.15) is 15.9 Å². The van der Waals surface area contributed by atoms with Crippen LogP contribution in [0, 0.1) is 0 Å². The molecule has 0 aliphatic rings. The molecule has 3 aromatic rings. The normalized spacial score (nSPS) is 11.2. The van der Waals surface area contributed by atoms with Crippen LogP contribution >= 0.6 is 0 Å². The van der Waals surface area contributed by atoms with Crippen molar-refractivity contribution >= 4 is 11.6 Å². The average molecular weight is 341 g/mol. The fourth-order valence-corrected chi connectivity index (χ4v) is 2.49. The Kier molecular flexibility index (Phi) is 4.57. The minimum Gasteiger partial charge on any atom is -0.322 e. The number of rotatable bonds is 3. The van der Waals surface area contributed by atoms with Gasteiger partial charge >= 0.3 is 6.18 Å². The van der Waals surface area contributed by atoms with Crippen LogP contribution in [0.2, 0.25) is 0 Å². The molecular weight excluding hydrogens is 327 g/mol. The number of benzene rings is 3. The number of alkyl halides is 3. The number of anilines is 1. The lowest BCUT2D eigenvalue weighted by molar-refractivity contribution is -0.137. The summed E-state index contributed by atoms with van der Waals surface area (Å²) in [5.74, 6) is -0.376. The molecule has 0 saturated heterocycles. The van der Waals surface area contributed by atoms with Crippen LogP contribution in [-0.4, -0.2) is 5.91 Å². The molecule has 3 aromatic carbocycles. The number of halogens is 3. The summed E-state index contributed by atoms with van der Waals surface area (Å²) in [5, 5.41) is 2.64. The molecule has 0 saturated carbocycles. The van der Waals surface area contributed by atoms with Crippen LogP contribution in [0.15, 0.2) is 78.9 Å². The van der Waals surface area contributed by atoms with Crippen LogP contribution < -0.4 is 5.32 Å². The zero-order chi connectivity index (χ0) is 17.9. The van der Waals surface area contributed by atoms with Crippen LogP contribution in [-0.2, 0) is 6.18 Å². The van der Waals surface area contributed by atoms with Crippen molar-refractivity contribution in [3.8, 4) is 11.1 Å². The Morgan fingerprint density at radius 3 is 2.00 bits per heavy atom. The molecule has 0 spiro atoms. The lowest BCUT2D eigenvalue weighted by Crippen LogP contribution is -2.13. The number of nitrogens with one attached hydrogen (secondary N) is 1. The van der Waals surface area contributed by atoms with Crippen LogP contribution in [0.3, 0.4) is 0 Å². The molecule has 0 unspecified atom stereocenters. The molecule has 0 atom stereocenters. The van der Waals surface area contributed by atoms with Crippen molar-refractivity contribution in [2.75, 3.05) is 5.32 Å². The van der Waals surface area contributed by atoms with Gasteiger partial charge in [0.05, 0.1) is 5.56 Å². The lowest BCUT2D eigenvalue weighted by atomic mass is 9.99. The summed E-state index contributed by atoms with van der Waals surface area (Å²) in [6, 6.07) is 20.9. The van der Waals surface area contributed by atoms with Gasteiger partial charge in [0.2, 0.25) is 0 Å². The summed E-state index contributed by atoms with van der Waals surface area (Å²) in [6.45, 7) is 0. The average Bonchev–Trinajstić information content (AvgIpc) is 2.62. The predicted octanol–water partition coefficient (Wildman–Crippen LogP) is 5.62. The summed E-state index contributed by atoms with van der Waals surface area (Å²) in [6.07, 6.45) is -4.40. The molecule has 0 heterocycles. The van der Waals surface area contributed by atoms with Gasteiger partial charge in [-0.3, -0.25) is 4.79 Å². The molecule has 0 fully saturated rings. The summed E-state index contributed by atoms with van der Waals surface area (Å²) < 4.78 is 37.8. The van der Waals surface area contributed by atoms with Crippen molar-refractivity contribution in [3.05, 3.63) is 90.0 Å². The first-order valence-corrected chi connectivity index (χ1v) is 7.58. The SMILES string of the molecule is O=C(Nc1ccc(C(F)(F)F)cc1)c1ccccc1-c1ccccc1. The van der Waals surface area contributed by atoms with E-state index < -0.39 is 11.7 Å².